The van der Waals surface area contributed by atoms with Gasteiger partial charge in [0, 0.05) is 24.4 Å². The molecule has 0 spiro atoms. The van der Waals surface area contributed by atoms with Gasteiger partial charge in [0.05, 0.1) is 0 Å². The van der Waals surface area contributed by atoms with E-state index in [-0.39, 0.29) is 6.42 Å². The highest BCUT2D eigenvalue weighted by Gasteiger charge is 2.08. The van der Waals surface area contributed by atoms with Gasteiger partial charge in [-0.15, -0.1) is 0 Å². The van der Waals surface area contributed by atoms with Gasteiger partial charge in [-0.2, -0.15) is 0 Å². The minimum Gasteiger partial charge on any atom is -0.481 e. The summed E-state index contributed by atoms with van der Waals surface area (Å²) in [6.45, 7) is 9.02. The highest BCUT2D eigenvalue weighted by Crippen LogP contribution is 2.15. The second-order valence-electron chi connectivity index (χ2n) is 5.67. The van der Waals surface area contributed by atoms with Gasteiger partial charge in [0.25, 0.3) is 0 Å². The zero-order chi connectivity index (χ0) is 15.1. The molecule has 0 amide bonds. The molecule has 1 aromatic rings. The van der Waals surface area contributed by atoms with Gasteiger partial charge in [0.2, 0.25) is 5.95 Å². The minimum atomic E-state index is -0.728. The number of carboxylic acid groups (broad SMARTS) is 1. The molecule has 1 atom stereocenters. The fourth-order valence-corrected chi connectivity index (χ4v) is 1.91. The summed E-state index contributed by atoms with van der Waals surface area (Å²) < 4.78 is 0. The molecule has 0 bridgehead atoms. The Morgan fingerprint density at radius 2 is 2.00 bits per heavy atom. The molecule has 0 saturated carbocycles. The average molecular weight is 279 g/mol. The zero-order valence-corrected chi connectivity index (χ0v) is 12.8. The van der Waals surface area contributed by atoms with Gasteiger partial charge in [-0.05, 0) is 37.7 Å². The summed E-state index contributed by atoms with van der Waals surface area (Å²) in [4.78, 5) is 19.4. The maximum atomic E-state index is 10.5. The predicted octanol–water partition coefficient (Wildman–Crippen LogP) is 3.21. The van der Waals surface area contributed by atoms with Crippen LogP contribution in [0.1, 0.15) is 57.3 Å². The van der Waals surface area contributed by atoms with Gasteiger partial charge in [0.1, 0.15) is 0 Å². The van der Waals surface area contributed by atoms with E-state index in [1.54, 1.807) is 0 Å². The van der Waals surface area contributed by atoms with Gasteiger partial charge in [-0.3, -0.25) is 4.79 Å². The van der Waals surface area contributed by atoms with E-state index in [4.69, 9.17) is 5.11 Å². The number of aliphatic carboxylic acids is 1. The van der Waals surface area contributed by atoms with Crippen LogP contribution in [0.3, 0.4) is 0 Å². The molecule has 1 rings (SSSR count). The summed E-state index contributed by atoms with van der Waals surface area (Å²) in [6.07, 6.45) is 1.87. The number of hydrogen-bond acceptors (Lipinski definition) is 4. The molecular formula is C15H25N3O2. The van der Waals surface area contributed by atoms with Crippen LogP contribution in [0.4, 0.5) is 5.95 Å². The van der Waals surface area contributed by atoms with Crippen molar-refractivity contribution in [2.45, 2.75) is 52.9 Å². The third kappa shape index (κ3) is 5.99. The van der Waals surface area contributed by atoms with E-state index in [1.807, 2.05) is 13.0 Å². The van der Waals surface area contributed by atoms with E-state index in [0.29, 0.717) is 24.2 Å². The highest BCUT2D eigenvalue weighted by atomic mass is 16.4. The van der Waals surface area contributed by atoms with Crippen LogP contribution >= 0.6 is 0 Å². The van der Waals surface area contributed by atoms with Crippen molar-refractivity contribution in [2.24, 2.45) is 5.92 Å². The number of rotatable bonds is 8. The fourth-order valence-electron chi connectivity index (χ4n) is 1.91. The van der Waals surface area contributed by atoms with Crippen LogP contribution in [-0.2, 0) is 4.79 Å². The second-order valence-corrected chi connectivity index (χ2v) is 5.67. The van der Waals surface area contributed by atoms with Crippen LogP contribution in [0.15, 0.2) is 6.07 Å². The Bertz CT molecular complexity index is 447. The molecule has 0 radical (unpaired) electrons. The molecule has 1 aromatic heterocycles. The lowest BCUT2D eigenvalue weighted by molar-refractivity contribution is -0.137. The smallest absolute Gasteiger partial charge is 0.303 e. The van der Waals surface area contributed by atoms with Crippen LogP contribution in [0.5, 0.6) is 0 Å². The van der Waals surface area contributed by atoms with E-state index < -0.39 is 5.97 Å². The molecule has 5 nitrogen and oxygen atoms in total. The normalized spacial score (nSPS) is 12.4. The standard InChI is InChI=1S/C15H25N3O2/c1-10(2)13-9-12(4)17-15(18-13)16-8-7-11(3)5-6-14(19)20/h9-11H,5-8H2,1-4H3,(H,19,20)(H,16,17,18). The first kappa shape index (κ1) is 16.4. The number of hydrogen-bond donors (Lipinski definition) is 2. The van der Waals surface area contributed by atoms with Crippen molar-refractivity contribution >= 4 is 11.9 Å². The number of anilines is 1. The molecule has 0 saturated heterocycles. The fraction of sp³-hybridized carbons (Fsp3) is 0.667. The largest absolute Gasteiger partial charge is 0.481 e. The Hall–Kier alpha value is -1.65. The van der Waals surface area contributed by atoms with Crippen LogP contribution in [0.25, 0.3) is 0 Å². The van der Waals surface area contributed by atoms with E-state index in [9.17, 15) is 4.79 Å². The van der Waals surface area contributed by atoms with Crippen molar-refractivity contribution in [3.63, 3.8) is 0 Å². The molecule has 112 valence electrons. The molecular weight excluding hydrogens is 254 g/mol. The molecule has 5 heteroatoms. The number of aromatic nitrogens is 2. The van der Waals surface area contributed by atoms with E-state index in [0.717, 1.165) is 24.4 Å². The average Bonchev–Trinajstić information content (AvgIpc) is 2.35. The third-order valence-electron chi connectivity index (χ3n) is 3.24. The molecule has 0 aliphatic carbocycles. The molecule has 1 unspecified atom stereocenters. The van der Waals surface area contributed by atoms with E-state index in [1.165, 1.54) is 0 Å². The quantitative estimate of drug-likeness (QED) is 0.764. The van der Waals surface area contributed by atoms with Crippen LogP contribution < -0.4 is 5.32 Å². The van der Waals surface area contributed by atoms with Crippen molar-refractivity contribution < 1.29 is 9.90 Å². The molecule has 20 heavy (non-hydrogen) atoms. The summed E-state index contributed by atoms with van der Waals surface area (Å²) in [7, 11) is 0. The highest BCUT2D eigenvalue weighted by molar-refractivity contribution is 5.66. The maximum Gasteiger partial charge on any atom is 0.303 e. The SMILES string of the molecule is Cc1cc(C(C)C)nc(NCCC(C)CCC(=O)O)n1. The summed E-state index contributed by atoms with van der Waals surface area (Å²) in [6, 6.07) is 2.01. The lowest BCUT2D eigenvalue weighted by Gasteiger charge is -2.12. The van der Waals surface area contributed by atoms with Gasteiger partial charge in [0.15, 0.2) is 0 Å². The second kappa shape index (κ2) is 7.82. The minimum absolute atomic E-state index is 0.236. The Labute approximate surface area is 120 Å². The van der Waals surface area contributed by atoms with E-state index >= 15 is 0 Å². The summed E-state index contributed by atoms with van der Waals surface area (Å²) in [5, 5.41) is 11.9. The first-order valence-corrected chi connectivity index (χ1v) is 7.19. The first-order chi connectivity index (χ1) is 9.38. The predicted molar refractivity (Wildman–Crippen MR) is 80.0 cm³/mol. The number of carbonyl (C=O) groups is 1. The summed E-state index contributed by atoms with van der Waals surface area (Å²) in [5.41, 5.74) is 2.00. The molecule has 0 aromatic carbocycles. The van der Waals surface area contributed by atoms with Crippen LogP contribution in [-0.4, -0.2) is 27.6 Å². The van der Waals surface area contributed by atoms with Crippen molar-refractivity contribution in [3.8, 4) is 0 Å². The Balaban J connectivity index is 2.43. The van der Waals surface area contributed by atoms with Crippen molar-refractivity contribution in [1.82, 2.24) is 9.97 Å². The van der Waals surface area contributed by atoms with Gasteiger partial charge < -0.3 is 10.4 Å². The van der Waals surface area contributed by atoms with Crippen LogP contribution in [0.2, 0.25) is 0 Å². The Kier molecular flexibility index (Phi) is 6.42. The summed E-state index contributed by atoms with van der Waals surface area (Å²) in [5.74, 6) is 0.701. The van der Waals surface area contributed by atoms with Crippen molar-refractivity contribution in [2.75, 3.05) is 11.9 Å². The van der Waals surface area contributed by atoms with E-state index in [2.05, 4.69) is 36.1 Å². The first-order valence-electron chi connectivity index (χ1n) is 7.19. The third-order valence-corrected chi connectivity index (χ3v) is 3.24. The van der Waals surface area contributed by atoms with Gasteiger partial charge >= 0.3 is 5.97 Å². The maximum absolute atomic E-state index is 10.5. The lowest BCUT2D eigenvalue weighted by atomic mass is 10.0. The lowest BCUT2D eigenvalue weighted by Crippen LogP contribution is -2.11. The van der Waals surface area contributed by atoms with Crippen molar-refractivity contribution in [1.29, 1.82) is 0 Å². The summed E-state index contributed by atoms with van der Waals surface area (Å²) >= 11 is 0. The topological polar surface area (TPSA) is 75.1 Å². The molecule has 1 heterocycles. The molecule has 0 fully saturated rings. The number of carboxylic acids is 1. The number of nitrogens with one attached hydrogen (secondary N) is 1. The monoisotopic (exact) mass is 279 g/mol. The molecule has 0 aliphatic rings. The van der Waals surface area contributed by atoms with Gasteiger partial charge in [-0.1, -0.05) is 20.8 Å². The number of nitrogens with zero attached hydrogens (tertiary/aromatic N) is 2. The molecule has 2 N–H and O–H groups in total. The van der Waals surface area contributed by atoms with Crippen LogP contribution in [0, 0.1) is 12.8 Å². The Morgan fingerprint density at radius 1 is 1.30 bits per heavy atom. The van der Waals surface area contributed by atoms with Gasteiger partial charge in [-0.25, -0.2) is 9.97 Å². The molecule has 0 aliphatic heterocycles. The number of aryl methyl sites for hydroxylation is 1. The van der Waals surface area contributed by atoms with Crippen molar-refractivity contribution in [3.05, 3.63) is 17.5 Å². The Morgan fingerprint density at radius 3 is 2.60 bits per heavy atom. The zero-order valence-electron chi connectivity index (χ0n) is 12.8.